The molecule has 2 N–H and O–H groups in total. The van der Waals surface area contributed by atoms with Gasteiger partial charge in [0, 0.05) is 31.1 Å². The number of benzene rings is 1. The summed E-state index contributed by atoms with van der Waals surface area (Å²) in [6.45, 7) is 2.73. The molecule has 2 heterocycles. The van der Waals surface area contributed by atoms with Gasteiger partial charge in [0.1, 0.15) is 5.75 Å². The summed E-state index contributed by atoms with van der Waals surface area (Å²) < 4.78 is 0. The highest BCUT2D eigenvalue weighted by Crippen LogP contribution is 2.36. The minimum atomic E-state index is -0.0621. The number of rotatable bonds is 0. The molecule has 1 aromatic rings. The van der Waals surface area contributed by atoms with Crippen molar-refractivity contribution >= 4 is 5.91 Å². The van der Waals surface area contributed by atoms with E-state index in [9.17, 15) is 9.90 Å². The van der Waals surface area contributed by atoms with E-state index in [1.165, 1.54) is 0 Å². The SMILES string of the molecule is CN1C[C@@H]2CNC(=O)c3cc(O)ccc3[C@H]2C1. The topological polar surface area (TPSA) is 52.6 Å². The lowest BCUT2D eigenvalue weighted by atomic mass is 9.87. The summed E-state index contributed by atoms with van der Waals surface area (Å²) in [5.41, 5.74) is 1.71. The van der Waals surface area contributed by atoms with Crippen molar-refractivity contribution in [2.75, 3.05) is 26.7 Å². The number of likely N-dealkylation sites (tertiary alicyclic amines) is 1. The van der Waals surface area contributed by atoms with E-state index < -0.39 is 0 Å². The fraction of sp³-hybridized carbons (Fsp3) is 0.462. The molecule has 4 heteroatoms. The molecule has 90 valence electrons. The summed E-state index contributed by atoms with van der Waals surface area (Å²) in [6, 6.07) is 5.14. The first-order valence-electron chi connectivity index (χ1n) is 5.95. The maximum absolute atomic E-state index is 11.9. The van der Waals surface area contributed by atoms with E-state index in [4.69, 9.17) is 0 Å². The van der Waals surface area contributed by atoms with Gasteiger partial charge in [0.2, 0.25) is 0 Å². The number of phenolic OH excluding ortho intramolecular Hbond substituents is 1. The molecular weight excluding hydrogens is 216 g/mol. The highest BCUT2D eigenvalue weighted by molar-refractivity contribution is 5.96. The first-order chi connectivity index (χ1) is 8.15. The third kappa shape index (κ3) is 1.69. The molecule has 4 nitrogen and oxygen atoms in total. The molecule has 0 bridgehead atoms. The minimum Gasteiger partial charge on any atom is -0.508 e. The number of amides is 1. The minimum absolute atomic E-state index is 0.0621. The van der Waals surface area contributed by atoms with Crippen LogP contribution in [-0.4, -0.2) is 42.6 Å². The van der Waals surface area contributed by atoms with Crippen molar-refractivity contribution in [3.05, 3.63) is 29.3 Å². The summed E-state index contributed by atoms with van der Waals surface area (Å²) in [5, 5.41) is 12.4. The molecule has 1 amide bonds. The van der Waals surface area contributed by atoms with Crippen molar-refractivity contribution in [2.45, 2.75) is 5.92 Å². The van der Waals surface area contributed by atoms with Gasteiger partial charge in [-0.15, -0.1) is 0 Å². The Hall–Kier alpha value is -1.55. The normalized spacial score (nSPS) is 28.2. The standard InChI is InChI=1S/C13H16N2O2/c1-15-6-8-5-14-13(17)11-4-9(16)2-3-10(11)12(8)7-15/h2-4,8,12,16H,5-7H2,1H3,(H,14,17)/t8-,12-/m0/s1. The van der Waals surface area contributed by atoms with Crippen LogP contribution in [0.3, 0.4) is 0 Å². The van der Waals surface area contributed by atoms with Gasteiger partial charge in [-0.05, 0) is 30.7 Å². The lowest BCUT2D eigenvalue weighted by Crippen LogP contribution is -2.29. The molecule has 1 fully saturated rings. The number of hydrogen-bond donors (Lipinski definition) is 2. The van der Waals surface area contributed by atoms with Crippen LogP contribution in [0.1, 0.15) is 21.8 Å². The van der Waals surface area contributed by atoms with Crippen molar-refractivity contribution in [1.29, 1.82) is 0 Å². The maximum Gasteiger partial charge on any atom is 0.251 e. The molecule has 2 aliphatic heterocycles. The van der Waals surface area contributed by atoms with Gasteiger partial charge in [-0.3, -0.25) is 4.79 Å². The van der Waals surface area contributed by atoms with Gasteiger partial charge in [-0.25, -0.2) is 0 Å². The van der Waals surface area contributed by atoms with Crippen molar-refractivity contribution in [3.8, 4) is 5.75 Å². The lowest BCUT2D eigenvalue weighted by Gasteiger charge is -2.16. The number of aromatic hydroxyl groups is 1. The van der Waals surface area contributed by atoms with Gasteiger partial charge in [0.15, 0.2) is 0 Å². The molecule has 0 aromatic heterocycles. The zero-order valence-corrected chi connectivity index (χ0v) is 9.81. The van der Waals surface area contributed by atoms with Crippen molar-refractivity contribution in [2.24, 2.45) is 5.92 Å². The highest BCUT2D eigenvalue weighted by atomic mass is 16.3. The molecule has 2 atom stereocenters. The average molecular weight is 232 g/mol. The number of likely N-dealkylation sites (N-methyl/N-ethyl adjacent to an activating group) is 1. The Morgan fingerprint density at radius 1 is 1.41 bits per heavy atom. The molecule has 0 aliphatic carbocycles. The van der Waals surface area contributed by atoms with E-state index >= 15 is 0 Å². The molecule has 1 aromatic carbocycles. The van der Waals surface area contributed by atoms with Crippen molar-refractivity contribution in [1.82, 2.24) is 10.2 Å². The number of fused-ring (bicyclic) bond motifs is 3. The van der Waals surface area contributed by atoms with Gasteiger partial charge < -0.3 is 15.3 Å². The van der Waals surface area contributed by atoms with E-state index in [0.29, 0.717) is 17.4 Å². The van der Waals surface area contributed by atoms with Crippen LogP contribution in [0.25, 0.3) is 0 Å². The number of nitrogens with zero attached hydrogens (tertiary/aromatic N) is 1. The predicted molar refractivity (Wildman–Crippen MR) is 64.2 cm³/mol. The summed E-state index contributed by atoms with van der Waals surface area (Å²) in [5.74, 6) is 0.973. The van der Waals surface area contributed by atoms with E-state index in [2.05, 4.69) is 17.3 Å². The van der Waals surface area contributed by atoms with Crippen LogP contribution < -0.4 is 5.32 Å². The average Bonchev–Trinajstić information content (AvgIpc) is 2.62. The van der Waals surface area contributed by atoms with Crippen LogP contribution in [0.4, 0.5) is 0 Å². The fourth-order valence-electron chi connectivity index (χ4n) is 3.03. The van der Waals surface area contributed by atoms with E-state index in [1.807, 2.05) is 6.07 Å². The molecule has 17 heavy (non-hydrogen) atoms. The fourth-order valence-corrected chi connectivity index (χ4v) is 3.03. The second-order valence-electron chi connectivity index (χ2n) is 5.07. The molecule has 1 saturated heterocycles. The molecule has 2 aliphatic rings. The van der Waals surface area contributed by atoms with Crippen LogP contribution in [0.2, 0.25) is 0 Å². The Kier molecular flexibility index (Phi) is 2.33. The second kappa shape index (κ2) is 3.74. The molecule has 0 unspecified atom stereocenters. The summed E-state index contributed by atoms with van der Waals surface area (Å²) in [6.07, 6.45) is 0. The predicted octanol–water partition coefficient (Wildman–Crippen LogP) is 0.781. The number of phenols is 1. The van der Waals surface area contributed by atoms with Crippen LogP contribution in [0, 0.1) is 5.92 Å². The molecule has 0 radical (unpaired) electrons. The maximum atomic E-state index is 11.9. The Balaban J connectivity index is 2.09. The van der Waals surface area contributed by atoms with Gasteiger partial charge in [-0.1, -0.05) is 6.07 Å². The van der Waals surface area contributed by atoms with E-state index in [-0.39, 0.29) is 11.7 Å². The van der Waals surface area contributed by atoms with E-state index in [1.54, 1.807) is 12.1 Å². The monoisotopic (exact) mass is 232 g/mol. The van der Waals surface area contributed by atoms with Gasteiger partial charge in [-0.2, -0.15) is 0 Å². The smallest absolute Gasteiger partial charge is 0.251 e. The quantitative estimate of drug-likeness (QED) is 0.695. The third-order valence-electron chi connectivity index (χ3n) is 3.83. The Labute approximate surface area is 100 Å². The summed E-state index contributed by atoms with van der Waals surface area (Å²) in [4.78, 5) is 14.2. The van der Waals surface area contributed by atoms with Crippen LogP contribution in [0.15, 0.2) is 18.2 Å². The summed E-state index contributed by atoms with van der Waals surface area (Å²) in [7, 11) is 2.11. The zero-order chi connectivity index (χ0) is 12.0. The number of carbonyl (C=O) groups is 1. The van der Waals surface area contributed by atoms with Gasteiger partial charge in [0.25, 0.3) is 5.91 Å². The second-order valence-corrected chi connectivity index (χ2v) is 5.07. The Morgan fingerprint density at radius 3 is 3.06 bits per heavy atom. The van der Waals surface area contributed by atoms with Crippen LogP contribution in [0.5, 0.6) is 5.75 Å². The molecular formula is C13H16N2O2. The Morgan fingerprint density at radius 2 is 2.24 bits per heavy atom. The number of hydrogen-bond acceptors (Lipinski definition) is 3. The first kappa shape index (κ1) is 10.6. The van der Waals surface area contributed by atoms with E-state index in [0.717, 1.165) is 25.2 Å². The van der Waals surface area contributed by atoms with Crippen molar-refractivity contribution in [3.63, 3.8) is 0 Å². The molecule has 3 rings (SSSR count). The van der Waals surface area contributed by atoms with Crippen LogP contribution >= 0.6 is 0 Å². The largest absolute Gasteiger partial charge is 0.508 e. The van der Waals surface area contributed by atoms with Crippen molar-refractivity contribution < 1.29 is 9.90 Å². The van der Waals surface area contributed by atoms with Gasteiger partial charge >= 0.3 is 0 Å². The summed E-state index contributed by atoms with van der Waals surface area (Å²) >= 11 is 0. The number of nitrogens with one attached hydrogen (secondary N) is 1. The lowest BCUT2D eigenvalue weighted by molar-refractivity contribution is 0.0951. The third-order valence-corrected chi connectivity index (χ3v) is 3.83. The molecule has 0 saturated carbocycles. The first-order valence-corrected chi connectivity index (χ1v) is 5.95. The number of carbonyl (C=O) groups excluding carboxylic acids is 1. The highest BCUT2D eigenvalue weighted by Gasteiger charge is 2.36. The van der Waals surface area contributed by atoms with Gasteiger partial charge in [0.05, 0.1) is 0 Å². The Bertz CT molecular complexity index is 472. The molecule has 0 spiro atoms. The zero-order valence-electron chi connectivity index (χ0n) is 9.81. The van der Waals surface area contributed by atoms with Crippen LogP contribution in [-0.2, 0) is 0 Å².